The minimum absolute atomic E-state index is 0.0266. The summed E-state index contributed by atoms with van der Waals surface area (Å²) in [5, 5.41) is 0.669. The quantitative estimate of drug-likeness (QED) is 0.675. The Morgan fingerprint density at radius 3 is 2.67 bits per heavy atom. The Kier molecular flexibility index (Phi) is 5.82. The number of carbonyl (C=O) groups excluding carboxylic acids is 1. The van der Waals surface area contributed by atoms with Gasteiger partial charge < -0.3 is 9.47 Å². The van der Waals surface area contributed by atoms with Crippen LogP contribution in [0.25, 0.3) is 0 Å². The summed E-state index contributed by atoms with van der Waals surface area (Å²) in [5.74, 6) is -0.663. The first-order valence-electron chi connectivity index (χ1n) is 7.37. The van der Waals surface area contributed by atoms with Gasteiger partial charge in [0.25, 0.3) is 0 Å². The molecule has 0 amide bonds. The van der Waals surface area contributed by atoms with Crippen molar-refractivity contribution in [2.24, 2.45) is 0 Å². The third kappa shape index (κ3) is 4.47. The van der Waals surface area contributed by atoms with E-state index in [2.05, 4.69) is 4.98 Å². The molecule has 8 heteroatoms. The first-order chi connectivity index (χ1) is 11.3. The number of nitrogens with zero attached hydrogens (tertiary/aromatic N) is 1. The lowest BCUT2D eigenvalue weighted by Crippen LogP contribution is -2.06. The maximum absolute atomic E-state index is 12.8. The van der Waals surface area contributed by atoms with Crippen LogP contribution in [0.5, 0.6) is 11.6 Å². The molecule has 4 nitrogen and oxygen atoms in total. The Hall–Kier alpha value is -2.09. The highest BCUT2D eigenvalue weighted by Gasteiger charge is 2.31. The van der Waals surface area contributed by atoms with E-state index >= 15 is 0 Å². The maximum Gasteiger partial charge on any atom is 0.416 e. The van der Waals surface area contributed by atoms with Crippen molar-refractivity contribution in [3.63, 3.8) is 0 Å². The van der Waals surface area contributed by atoms with Gasteiger partial charge in [0.2, 0.25) is 5.88 Å². The molecule has 0 N–H and O–H groups in total. The van der Waals surface area contributed by atoms with Crippen LogP contribution in [0, 0.1) is 0 Å². The van der Waals surface area contributed by atoms with E-state index in [-0.39, 0.29) is 23.1 Å². The summed E-state index contributed by atoms with van der Waals surface area (Å²) in [5.41, 5.74) is -0.832. The van der Waals surface area contributed by atoms with E-state index in [9.17, 15) is 18.0 Å². The zero-order chi connectivity index (χ0) is 17.7. The highest BCUT2D eigenvalue weighted by Crippen LogP contribution is 2.35. The van der Waals surface area contributed by atoms with Gasteiger partial charge in [-0.1, -0.05) is 13.0 Å². The number of benzene rings is 1. The molecule has 2 aromatic rings. The number of hydrogen-bond donors (Lipinski definition) is 0. The Bertz CT molecular complexity index is 713. The normalized spacial score (nSPS) is 11.4. The Labute approximate surface area is 141 Å². The number of esters is 1. The lowest BCUT2D eigenvalue weighted by atomic mass is 10.2. The van der Waals surface area contributed by atoms with Crippen LogP contribution in [-0.4, -0.2) is 17.6 Å². The number of thiazole rings is 1. The molecule has 1 aromatic heterocycles. The monoisotopic (exact) mass is 359 g/mol. The lowest BCUT2D eigenvalue weighted by Gasteiger charge is -2.09. The van der Waals surface area contributed by atoms with E-state index in [1.54, 1.807) is 6.92 Å². The zero-order valence-electron chi connectivity index (χ0n) is 13.1. The minimum atomic E-state index is -4.47. The largest absolute Gasteiger partial charge is 0.462 e. The number of aryl methyl sites for hydroxylation is 1. The van der Waals surface area contributed by atoms with Gasteiger partial charge in [0.05, 0.1) is 17.2 Å². The van der Waals surface area contributed by atoms with Crippen molar-refractivity contribution in [1.29, 1.82) is 0 Å². The molecule has 0 fully saturated rings. The van der Waals surface area contributed by atoms with E-state index in [4.69, 9.17) is 9.47 Å². The first kappa shape index (κ1) is 18.3. The summed E-state index contributed by atoms with van der Waals surface area (Å²) in [4.78, 5) is 16.3. The lowest BCUT2D eigenvalue weighted by molar-refractivity contribution is -0.137. The number of hydrogen-bond acceptors (Lipinski definition) is 5. The first-order valence-corrected chi connectivity index (χ1v) is 8.18. The van der Waals surface area contributed by atoms with Gasteiger partial charge in [-0.2, -0.15) is 13.2 Å². The predicted octanol–water partition coefficient (Wildman–Crippen LogP) is 5.08. The standard InChI is InChI=1S/C16H16F3NO3S/c1-3-6-12-20-14(13(24-12)15(21)22-4-2)23-11-8-5-7-10(9-11)16(17,18)19/h5,7-9H,3-4,6H2,1-2H3. The van der Waals surface area contributed by atoms with Gasteiger partial charge >= 0.3 is 12.1 Å². The van der Waals surface area contributed by atoms with E-state index < -0.39 is 17.7 Å². The molecule has 0 saturated carbocycles. The third-order valence-electron chi connectivity index (χ3n) is 2.94. The Morgan fingerprint density at radius 2 is 2.04 bits per heavy atom. The number of alkyl halides is 3. The average Bonchev–Trinajstić information content (AvgIpc) is 2.90. The molecule has 2 rings (SSSR count). The van der Waals surface area contributed by atoms with Gasteiger partial charge in [-0.15, -0.1) is 11.3 Å². The summed E-state index contributed by atoms with van der Waals surface area (Å²) in [6, 6.07) is 4.43. The van der Waals surface area contributed by atoms with Gasteiger partial charge in [-0.3, -0.25) is 0 Å². The molecule has 0 unspecified atom stereocenters. The molecular formula is C16H16F3NO3S. The van der Waals surface area contributed by atoms with Crippen molar-refractivity contribution in [2.45, 2.75) is 32.9 Å². The topological polar surface area (TPSA) is 48.4 Å². The predicted molar refractivity (Wildman–Crippen MR) is 83.6 cm³/mol. The smallest absolute Gasteiger partial charge is 0.416 e. The second kappa shape index (κ2) is 7.65. The molecule has 0 bridgehead atoms. The van der Waals surface area contributed by atoms with E-state index in [0.29, 0.717) is 11.4 Å². The van der Waals surface area contributed by atoms with Crippen molar-refractivity contribution in [2.75, 3.05) is 6.61 Å². The number of rotatable bonds is 6. The molecule has 0 spiro atoms. The molecule has 1 aromatic carbocycles. The zero-order valence-corrected chi connectivity index (χ0v) is 14.0. The molecule has 0 aliphatic carbocycles. The SMILES string of the molecule is CCCc1nc(Oc2cccc(C(F)(F)F)c2)c(C(=O)OCC)s1. The van der Waals surface area contributed by atoms with E-state index in [1.165, 1.54) is 12.1 Å². The molecule has 1 heterocycles. The summed E-state index contributed by atoms with van der Waals surface area (Å²) < 4.78 is 48.7. The molecule has 0 aliphatic heterocycles. The summed E-state index contributed by atoms with van der Waals surface area (Å²) >= 11 is 1.13. The van der Waals surface area contributed by atoms with Gasteiger partial charge in [-0.05, 0) is 38.0 Å². The third-order valence-corrected chi connectivity index (χ3v) is 4.02. The fraction of sp³-hybridized carbons (Fsp3) is 0.375. The van der Waals surface area contributed by atoms with Gasteiger partial charge in [0.15, 0.2) is 4.88 Å². The fourth-order valence-corrected chi connectivity index (χ4v) is 2.90. The number of halogens is 3. The van der Waals surface area contributed by atoms with Gasteiger partial charge in [0.1, 0.15) is 5.75 Å². The number of aromatic nitrogens is 1. The van der Waals surface area contributed by atoms with Crippen molar-refractivity contribution >= 4 is 17.3 Å². The van der Waals surface area contributed by atoms with Crippen molar-refractivity contribution in [3.05, 3.63) is 39.7 Å². The summed E-state index contributed by atoms with van der Waals surface area (Å²) in [7, 11) is 0. The molecule has 0 atom stereocenters. The van der Waals surface area contributed by atoms with Gasteiger partial charge in [-0.25, -0.2) is 9.78 Å². The van der Waals surface area contributed by atoms with E-state index in [0.717, 1.165) is 29.9 Å². The molecule has 24 heavy (non-hydrogen) atoms. The Morgan fingerprint density at radius 1 is 1.29 bits per heavy atom. The summed E-state index contributed by atoms with van der Waals surface area (Å²) in [6.45, 7) is 3.81. The van der Waals surface area contributed by atoms with Crippen LogP contribution in [0.15, 0.2) is 24.3 Å². The van der Waals surface area contributed by atoms with Crippen LogP contribution in [-0.2, 0) is 17.3 Å². The molecule has 0 aliphatic rings. The molecule has 0 radical (unpaired) electrons. The fourth-order valence-electron chi connectivity index (χ4n) is 1.91. The van der Waals surface area contributed by atoms with Crippen LogP contribution >= 0.6 is 11.3 Å². The molecule has 130 valence electrons. The van der Waals surface area contributed by atoms with Crippen LogP contribution in [0.2, 0.25) is 0 Å². The maximum atomic E-state index is 12.8. The second-order valence-electron chi connectivity index (χ2n) is 4.84. The minimum Gasteiger partial charge on any atom is -0.462 e. The second-order valence-corrected chi connectivity index (χ2v) is 5.92. The number of carbonyl (C=O) groups is 1. The van der Waals surface area contributed by atoms with Crippen molar-refractivity contribution < 1.29 is 27.4 Å². The summed E-state index contributed by atoms with van der Waals surface area (Å²) in [6.07, 6.45) is -3.01. The van der Waals surface area contributed by atoms with Crippen LogP contribution in [0.1, 0.15) is 40.5 Å². The van der Waals surface area contributed by atoms with Crippen LogP contribution in [0.3, 0.4) is 0 Å². The molecular weight excluding hydrogens is 343 g/mol. The van der Waals surface area contributed by atoms with E-state index in [1.807, 2.05) is 6.92 Å². The van der Waals surface area contributed by atoms with Crippen molar-refractivity contribution in [3.8, 4) is 11.6 Å². The average molecular weight is 359 g/mol. The highest BCUT2D eigenvalue weighted by molar-refractivity contribution is 7.13. The van der Waals surface area contributed by atoms with Crippen LogP contribution in [0.4, 0.5) is 13.2 Å². The molecule has 0 saturated heterocycles. The van der Waals surface area contributed by atoms with Crippen LogP contribution < -0.4 is 4.74 Å². The Balaban J connectivity index is 2.32. The highest BCUT2D eigenvalue weighted by atomic mass is 32.1. The van der Waals surface area contributed by atoms with Crippen molar-refractivity contribution in [1.82, 2.24) is 4.98 Å². The number of ether oxygens (including phenoxy) is 2. The van der Waals surface area contributed by atoms with Gasteiger partial charge in [0, 0.05) is 0 Å².